The van der Waals surface area contributed by atoms with Crippen LogP contribution in [0.1, 0.15) is 33.6 Å². The predicted octanol–water partition coefficient (Wildman–Crippen LogP) is 0.376. The van der Waals surface area contributed by atoms with Gasteiger partial charge in [0.1, 0.15) is 6.04 Å². The molecule has 2 amide bonds. The van der Waals surface area contributed by atoms with Crippen molar-refractivity contribution in [3.05, 3.63) is 0 Å². The molecule has 0 aromatic carbocycles. The zero-order chi connectivity index (χ0) is 14.7. The van der Waals surface area contributed by atoms with E-state index in [0.29, 0.717) is 17.3 Å². The van der Waals surface area contributed by atoms with Gasteiger partial charge in [0, 0.05) is 19.0 Å². The van der Waals surface area contributed by atoms with E-state index < -0.39 is 12.1 Å². The lowest BCUT2D eigenvalue weighted by Gasteiger charge is -2.28. The Hall–Kier alpha value is -1.10. The number of hydrogen-bond donors (Lipinski definition) is 2. The van der Waals surface area contributed by atoms with E-state index in [1.54, 1.807) is 6.92 Å². The molecule has 3 aliphatic rings. The fourth-order valence-corrected chi connectivity index (χ4v) is 3.51. The molecule has 0 aromatic heterocycles. The van der Waals surface area contributed by atoms with Gasteiger partial charge in [-0.15, -0.1) is 0 Å². The highest BCUT2D eigenvalue weighted by Gasteiger charge is 2.63. The Balaban J connectivity index is 1.60. The minimum Gasteiger partial charge on any atom is -0.391 e. The first-order chi connectivity index (χ1) is 9.32. The largest absolute Gasteiger partial charge is 0.391 e. The van der Waals surface area contributed by atoms with Crippen LogP contribution in [0.2, 0.25) is 0 Å². The molecule has 20 heavy (non-hydrogen) atoms. The number of likely N-dealkylation sites (tertiary alicyclic amines) is 1. The summed E-state index contributed by atoms with van der Waals surface area (Å²) in [5.74, 6) is 1.00. The summed E-state index contributed by atoms with van der Waals surface area (Å²) in [6.45, 7) is 7.57. The molecule has 2 aliphatic carbocycles. The van der Waals surface area contributed by atoms with E-state index in [2.05, 4.69) is 19.2 Å². The maximum atomic E-state index is 12.5. The van der Waals surface area contributed by atoms with Crippen LogP contribution in [0.4, 0.5) is 0 Å². The summed E-state index contributed by atoms with van der Waals surface area (Å²) in [4.78, 5) is 26.1. The van der Waals surface area contributed by atoms with Gasteiger partial charge in [0.2, 0.25) is 11.8 Å². The molecular weight excluding hydrogens is 256 g/mol. The minimum absolute atomic E-state index is 0.0509. The van der Waals surface area contributed by atoms with Crippen molar-refractivity contribution in [2.24, 2.45) is 23.2 Å². The first-order valence-corrected chi connectivity index (χ1v) is 7.59. The molecule has 4 atom stereocenters. The van der Waals surface area contributed by atoms with Gasteiger partial charge in [-0.2, -0.15) is 0 Å². The number of nitrogens with one attached hydrogen (secondary N) is 1. The number of carbonyl (C=O) groups is 2. The normalized spacial score (nSPS) is 33.3. The average molecular weight is 280 g/mol. The lowest BCUT2D eigenvalue weighted by atomic mass is 10.0. The van der Waals surface area contributed by atoms with Crippen LogP contribution in [-0.4, -0.2) is 47.1 Å². The third-order valence-corrected chi connectivity index (χ3v) is 5.43. The SMILES string of the molecule is CC(O)C(NC(=O)C1CC1)C(=O)N1CC2C(C1)C2(C)C. The highest BCUT2D eigenvalue weighted by Crippen LogP contribution is 2.61. The molecule has 5 nitrogen and oxygen atoms in total. The van der Waals surface area contributed by atoms with Gasteiger partial charge in [0.15, 0.2) is 0 Å². The predicted molar refractivity (Wildman–Crippen MR) is 73.7 cm³/mol. The van der Waals surface area contributed by atoms with E-state index in [-0.39, 0.29) is 17.7 Å². The van der Waals surface area contributed by atoms with Crippen molar-refractivity contribution < 1.29 is 14.7 Å². The molecule has 4 unspecified atom stereocenters. The zero-order valence-electron chi connectivity index (χ0n) is 12.4. The van der Waals surface area contributed by atoms with Crippen molar-refractivity contribution in [3.8, 4) is 0 Å². The third kappa shape index (κ3) is 2.22. The van der Waals surface area contributed by atoms with Crippen LogP contribution in [0.25, 0.3) is 0 Å². The lowest BCUT2D eigenvalue weighted by molar-refractivity contribution is -0.139. The highest BCUT2D eigenvalue weighted by molar-refractivity contribution is 5.90. The molecular formula is C15H24N2O3. The minimum atomic E-state index is -0.852. The van der Waals surface area contributed by atoms with E-state index in [4.69, 9.17) is 0 Å². The Bertz CT molecular complexity index is 428. The lowest BCUT2D eigenvalue weighted by Crippen LogP contribution is -2.54. The van der Waals surface area contributed by atoms with E-state index >= 15 is 0 Å². The van der Waals surface area contributed by atoms with Crippen LogP contribution in [-0.2, 0) is 9.59 Å². The van der Waals surface area contributed by atoms with E-state index in [9.17, 15) is 14.7 Å². The van der Waals surface area contributed by atoms with Crippen molar-refractivity contribution in [1.29, 1.82) is 0 Å². The summed E-state index contributed by atoms with van der Waals surface area (Å²) in [6, 6.07) is -0.788. The van der Waals surface area contributed by atoms with Gasteiger partial charge in [-0.1, -0.05) is 13.8 Å². The number of fused-ring (bicyclic) bond motifs is 1. The van der Waals surface area contributed by atoms with Crippen molar-refractivity contribution in [2.75, 3.05) is 13.1 Å². The van der Waals surface area contributed by atoms with Crippen molar-refractivity contribution in [3.63, 3.8) is 0 Å². The summed E-state index contributed by atoms with van der Waals surface area (Å²) in [7, 11) is 0. The zero-order valence-corrected chi connectivity index (χ0v) is 12.4. The molecule has 0 radical (unpaired) electrons. The van der Waals surface area contributed by atoms with Crippen molar-refractivity contribution in [1.82, 2.24) is 10.2 Å². The van der Waals surface area contributed by atoms with Gasteiger partial charge in [0.05, 0.1) is 6.10 Å². The molecule has 5 heteroatoms. The van der Waals surface area contributed by atoms with Crippen LogP contribution in [0.15, 0.2) is 0 Å². The number of hydrogen-bond acceptors (Lipinski definition) is 3. The summed E-state index contributed by atoms with van der Waals surface area (Å²) in [5.41, 5.74) is 0.356. The quantitative estimate of drug-likeness (QED) is 0.782. The van der Waals surface area contributed by atoms with Gasteiger partial charge < -0.3 is 15.3 Å². The Morgan fingerprint density at radius 3 is 2.25 bits per heavy atom. The van der Waals surface area contributed by atoms with Crippen molar-refractivity contribution in [2.45, 2.75) is 45.8 Å². The number of amides is 2. The van der Waals surface area contributed by atoms with Gasteiger partial charge >= 0.3 is 0 Å². The number of aliphatic hydroxyl groups excluding tert-OH is 1. The van der Waals surface area contributed by atoms with Crippen LogP contribution >= 0.6 is 0 Å². The first-order valence-electron chi connectivity index (χ1n) is 7.59. The molecule has 3 rings (SSSR count). The van der Waals surface area contributed by atoms with Gasteiger partial charge in [-0.25, -0.2) is 0 Å². The molecule has 1 saturated heterocycles. The Morgan fingerprint density at radius 2 is 1.80 bits per heavy atom. The number of aliphatic hydroxyl groups is 1. The molecule has 0 spiro atoms. The third-order valence-electron chi connectivity index (χ3n) is 5.43. The van der Waals surface area contributed by atoms with Crippen molar-refractivity contribution >= 4 is 11.8 Å². The Kier molecular flexibility index (Phi) is 3.08. The number of rotatable bonds is 4. The van der Waals surface area contributed by atoms with E-state index in [0.717, 1.165) is 25.9 Å². The standard InChI is InChI=1S/C15H24N2O3/c1-8(18)12(16-13(19)9-4-5-9)14(20)17-6-10-11(7-17)15(10,2)3/h8-12,18H,4-7H2,1-3H3,(H,16,19). The highest BCUT2D eigenvalue weighted by atomic mass is 16.3. The van der Waals surface area contributed by atoms with E-state index in [1.807, 2.05) is 4.90 Å². The van der Waals surface area contributed by atoms with Gasteiger partial charge in [0.25, 0.3) is 0 Å². The molecule has 2 N–H and O–H groups in total. The fourth-order valence-electron chi connectivity index (χ4n) is 3.51. The van der Waals surface area contributed by atoms with E-state index in [1.165, 1.54) is 0 Å². The summed E-state index contributed by atoms with van der Waals surface area (Å²) >= 11 is 0. The number of piperidine rings is 1. The topological polar surface area (TPSA) is 69.6 Å². The number of carbonyl (C=O) groups excluding carboxylic acids is 2. The second-order valence-corrected chi connectivity index (χ2v) is 7.28. The summed E-state index contributed by atoms with van der Waals surface area (Å²) < 4.78 is 0. The maximum Gasteiger partial charge on any atom is 0.247 e. The van der Waals surface area contributed by atoms with Crippen LogP contribution < -0.4 is 5.32 Å². The summed E-state index contributed by atoms with van der Waals surface area (Å²) in [5, 5.41) is 12.5. The van der Waals surface area contributed by atoms with Crippen LogP contribution in [0, 0.1) is 23.2 Å². The second kappa shape index (κ2) is 4.45. The molecule has 0 bridgehead atoms. The van der Waals surface area contributed by atoms with Crippen LogP contribution in [0.5, 0.6) is 0 Å². The van der Waals surface area contributed by atoms with Crippen LogP contribution in [0.3, 0.4) is 0 Å². The first kappa shape index (κ1) is 13.9. The monoisotopic (exact) mass is 280 g/mol. The van der Waals surface area contributed by atoms with Gasteiger partial charge in [-0.3, -0.25) is 9.59 Å². The molecule has 3 fully saturated rings. The molecule has 1 heterocycles. The molecule has 112 valence electrons. The molecule has 1 aliphatic heterocycles. The molecule has 0 aromatic rings. The second-order valence-electron chi connectivity index (χ2n) is 7.28. The van der Waals surface area contributed by atoms with Gasteiger partial charge in [-0.05, 0) is 37.0 Å². The maximum absolute atomic E-state index is 12.5. The molecule has 2 saturated carbocycles. The Labute approximate surface area is 119 Å². The fraction of sp³-hybridized carbons (Fsp3) is 0.867. The summed E-state index contributed by atoms with van der Waals surface area (Å²) in [6.07, 6.45) is 0.943. The smallest absolute Gasteiger partial charge is 0.247 e. The Morgan fingerprint density at radius 1 is 1.25 bits per heavy atom. The average Bonchev–Trinajstić information content (AvgIpc) is 3.22. The number of nitrogens with zero attached hydrogens (tertiary/aromatic N) is 1.